The molecular formula is C16H23NO. The smallest absolute Gasteiger partial charge is 0.166 e. The molecule has 0 N–H and O–H groups in total. The highest BCUT2D eigenvalue weighted by molar-refractivity contribution is 5.99. The molecule has 3 unspecified atom stereocenters. The number of carbonyl (C=O) groups excluding carboxylic acids is 1. The fourth-order valence-corrected chi connectivity index (χ4v) is 2.95. The number of nitrogens with zero attached hydrogens (tertiary/aromatic N) is 1. The summed E-state index contributed by atoms with van der Waals surface area (Å²) in [6, 6.07) is 1.89. The van der Waals surface area contributed by atoms with Crippen molar-refractivity contribution in [3.05, 3.63) is 29.6 Å². The van der Waals surface area contributed by atoms with E-state index in [9.17, 15) is 4.79 Å². The molecule has 1 aromatic heterocycles. The molecule has 3 atom stereocenters. The molecule has 2 rings (SSSR count). The summed E-state index contributed by atoms with van der Waals surface area (Å²) in [5, 5.41) is 0. The minimum absolute atomic E-state index is 0.226. The highest BCUT2D eigenvalue weighted by atomic mass is 16.1. The van der Waals surface area contributed by atoms with Crippen molar-refractivity contribution in [1.29, 1.82) is 0 Å². The number of aromatic nitrogens is 1. The summed E-state index contributed by atoms with van der Waals surface area (Å²) < 4.78 is 0. The zero-order valence-electron chi connectivity index (χ0n) is 11.6. The topological polar surface area (TPSA) is 30.0 Å². The highest BCUT2D eigenvalue weighted by Crippen LogP contribution is 2.35. The van der Waals surface area contributed by atoms with E-state index in [1.54, 1.807) is 6.20 Å². The second kappa shape index (κ2) is 5.64. The van der Waals surface area contributed by atoms with Gasteiger partial charge in [-0.3, -0.25) is 9.78 Å². The van der Waals surface area contributed by atoms with E-state index in [2.05, 4.69) is 25.8 Å². The molecule has 2 heteroatoms. The standard InChI is InChI=1S/C16H23NO/c1-4-13-10-17-8-7-15(13)16(18)14-6-5-11(2)12(3)9-14/h7-8,10-12,14H,4-6,9H2,1-3H3. The zero-order valence-corrected chi connectivity index (χ0v) is 11.6. The van der Waals surface area contributed by atoms with Gasteiger partial charge in [-0.2, -0.15) is 0 Å². The summed E-state index contributed by atoms with van der Waals surface area (Å²) in [5.41, 5.74) is 1.99. The maximum atomic E-state index is 12.6. The normalized spacial score (nSPS) is 28.1. The van der Waals surface area contributed by atoms with Crippen LogP contribution in [0.4, 0.5) is 0 Å². The van der Waals surface area contributed by atoms with Gasteiger partial charge in [-0.1, -0.05) is 20.8 Å². The molecule has 2 nitrogen and oxygen atoms in total. The Balaban J connectivity index is 2.16. The number of hydrogen-bond acceptors (Lipinski definition) is 2. The number of pyridine rings is 1. The van der Waals surface area contributed by atoms with E-state index in [1.807, 2.05) is 12.3 Å². The Morgan fingerprint density at radius 3 is 2.78 bits per heavy atom. The van der Waals surface area contributed by atoms with Crippen LogP contribution in [0.5, 0.6) is 0 Å². The molecule has 0 aromatic carbocycles. The van der Waals surface area contributed by atoms with Crippen molar-refractivity contribution in [1.82, 2.24) is 4.98 Å². The minimum atomic E-state index is 0.226. The number of carbonyl (C=O) groups is 1. The Bertz CT molecular complexity index is 427. The first-order valence-corrected chi connectivity index (χ1v) is 7.10. The molecule has 1 aliphatic carbocycles. The van der Waals surface area contributed by atoms with Gasteiger partial charge in [-0.15, -0.1) is 0 Å². The van der Waals surface area contributed by atoms with Crippen molar-refractivity contribution in [2.45, 2.75) is 46.5 Å². The maximum Gasteiger partial charge on any atom is 0.166 e. The van der Waals surface area contributed by atoms with E-state index in [1.165, 1.54) is 6.42 Å². The Labute approximate surface area is 110 Å². The van der Waals surface area contributed by atoms with Gasteiger partial charge in [0, 0.05) is 23.9 Å². The lowest BCUT2D eigenvalue weighted by atomic mass is 9.73. The molecule has 0 spiro atoms. The number of Topliss-reactive ketones (excluding diaryl/α,β-unsaturated/α-hetero) is 1. The van der Waals surface area contributed by atoms with Crippen LogP contribution < -0.4 is 0 Å². The molecule has 0 bridgehead atoms. The molecule has 1 aliphatic rings. The van der Waals surface area contributed by atoms with E-state index >= 15 is 0 Å². The lowest BCUT2D eigenvalue weighted by Gasteiger charge is -2.31. The van der Waals surface area contributed by atoms with Crippen LogP contribution in [0.3, 0.4) is 0 Å². The lowest BCUT2D eigenvalue weighted by molar-refractivity contribution is 0.0836. The summed E-state index contributed by atoms with van der Waals surface area (Å²) >= 11 is 0. The molecular weight excluding hydrogens is 222 g/mol. The third-order valence-electron chi connectivity index (χ3n) is 4.52. The van der Waals surface area contributed by atoms with Gasteiger partial charge in [0.15, 0.2) is 5.78 Å². The fraction of sp³-hybridized carbons (Fsp3) is 0.625. The Morgan fingerprint density at radius 2 is 2.11 bits per heavy atom. The number of rotatable bonds is 3. The molecule has 1 fully saturated rings. The quantitative estimate of drug-likeness (QED) is 0.756. The molecule has 1 aromatic rings. The molecule has 0 saturated heterocycles. The third kappa shape index (κ3) is 2.63. The van der Waals surface area contributed by atoms with Gasteiger partial charge in [0.1, 0.15) is 0 Å². The molecule has 1 heterocycles. The van der Waals surface area contributed by atoms with Gasteiger partial charge >= 0.3 is 0 Å². The van der Waals surface area contributed by atoms with E-state index in [0.29, 0.717) is 11.7 Å². The third-order valence-corrected chi connectivity index (χ3v) is 4.52. The average Bonchev–Trinajstić information content (AvgIpc) is 2.41. The summed E-state index contributed by atoms with van der Waals surface area (Å²) in [5.74, 6) is 1.99. The predicted octanol–water partition coefficient (Wildman–Crippen LogP) is 3.90. The zero-order chi connectivity index (χ0) is 13.1. The van der Waals surface area contributed by atoms with Crippen LogP contribution in [0.2, 0.25) is 0 Å². The SMILES string of the molecule is CCc1cnccc1C(=O)C1CCC(C)C(C)C1. The van der Waals surface area contributed by atoms with Crippen LogP contribution in [-0.4, -0.2) is 10.8 Å². The average molecular weight is 245 g/mol. The largest absolute Gasteiger partial charge is 0.294 e. The van der Waals surface area contributed by atoms with E-state index in [4.69, 9.17) is 0 Å². The molecule has 18 heavy (non-hydrogen) atoms. The van der Waals surface area contributed by atoms with Crippen LogP contribution in [0.15, 0.2) is 18.5 Å². The molecule has 98 valence electrons. The van der Waals surface area contributed by atoms with Gasteiger partial charge in [-0.05, 0) is 49.1 Å². The Hall–Kier alpha value is -1.18. The van der Waals surface area contributed by atoms with Gasteiger partial charge in [0.2, 0.25) is 0 Å². The van der Waals surface area contributed by atoms with Crippen LogP contribution >= 0.6 is 0 Å². The number of aryl methyl sites for hydroxylation is 1. The van der Waals surface area contributed by atoms with Crippen molar-refractivity contribution in [3.8, 4) is 0 Å². The van der Waals surface area contributed by atoms with Crippen molar-refractivity contribution >= 4 is 5.78 Å². The Morgan fingerprint density at radius 1 is 1.33 bits per heavy atom. The molecule has 0 aliphatic heterocycles. The van der Waals surface area contributed by atoms with Gasteiger partial charge in [0.25, 0.3) is 0 Å². The molecule has 0 amide bonds. The second-order valence-electron chi connectivity index (χ2n) is 5.72. The van der Waals surface area contributed by atoms with Crippen LogP contribution in [0.25, 0.3) is 0 Å². The van der Waals surface area contributed by atoms with Crippen molar-refractivity contribution < 1.29 is 4.79 Å². The minimum Gasteiger partial charge on any atom is -0.294 e. The molecule has 1 saturated carbocycles. The van der Waals surface area contributed by atoms with Gasteiger partial charge in [-0.25, -0.2) is 0 Å². The summed E-state index contributed by atoms with van der Waals surface area (Å²) in [6.45, 7) is 6.66. The Kier molecular flexibility index (Phi) is 4.15. The van der Waals surface area contributed by atoms with Crippen molar-refractivity contribution in [2.75, 3.05) is 0 Å². The number of hydrogen-bond donors (Lipinski definition) is 0. The predicted molar refractivity (Wildman–Crippen MR) is 73.6 cm³/mol. The second-order valence-corrected chi connectivity index (χ2v) is 5.72. The van der Waals surface area contributed by atoms with Crippen molar-refractivity contribution in [3.63, 3.8) is 0 Å². The van der Waals surface area contributed by atoms with Crippen LogP contribution in [0, 0.1) is 17.8 Å². The van der Waals surface area contributed by atoms with Gasteiger partial charge in [0.05, 0.1) is 0 Å². The van der Waals surface area contributed by atoms with E-state index in [0.717, 1.165) is 36.3 Å². The van der Waals surface area contributed by atoms with E-state index < -0.39 is 0 Å². The first kappa shape index (κ1) is 13.3. The van der Waals surface area contributed by atoms with Crippen molar-refractivity contribution in [2.24, 2.45) is 17.8 Å². The van der Waals surface area contributed by atoms with Crippen LogP contribution in [-0.2, 0) is 6.42 Å². The molecule has 0 radical (unpaired) electrons. The summed E-state index contributed by atoms with van der Waals surface area (Å²) in [6.07, 6.45) is 7.74. The van der Waals surface area contributed by atoms with E-state index in [-0.39, 0.29) is 5.92 Å². The number of ketones is 1. The van der Waals surface area contributed by atoms with Gasteiger partial charge < -0.3 is 0 Å². The first-order chi connectivity index (χ1) is 8.63. The first-order valence-electron chi connectivity index (χ1n) is 7.10. The summed E-state index contributed by atoms with van der Waals surface area (Å²) in [7, 11) is 0. The monoisotopic (exact) mass is 245 g/mol. The maximum absolute atomic E-state index is 12.6. The lowest BCUT2D eigenvalue weighted by Crippen LogP contribution is -2.27. The fourth-order valence-electron chi connectivity index (χ4n) is 2.95. The highest BCUT2D eigenvalue weighted by Gasteiger charge is 2.30. The van der Waals surface area contributed by atoms with Crippen LogP contribution in [0.1, 0.15) is 56.0 Å². The summed E-state index contributed by atoms with van der Waals surface area (Å²) in [4.78, 5) is 16.7.